The maximum absolute atomic E-state index is 5.83. The van der Waals surface area contributed by atoms with Gasteiger partial charge >= 0.3 is 0 Å². The molecule has 6 nitrogen and oxygen atoms in total. The summed E-state index contributed by atoms with van der Waals surface area (Å²) in [5.41, 5.74) is 3.87. The number of fused-ring (bicyclic) bond motifs is 1. The summed E-state index contributed by atoms with van der Waals surface area (Å²) in [6, 6.07) is 6.45. The number of aromatic amines is 1. The topological polar surface area (TPSA) is 70.7 Å². The van der Waals surface area contributed by atoms with Crippen LogP contribution >= 0.6 is 0 Å². The Hall–Kier alpha value is -2.05. The van der Waals surface area contributed by atoms with Crippen LogP contribution in [0, 0.1) is 12.8 Å². The van der Waals surface area contributed by atoms with Gasteiger partial charge in [0, 0.05) is 63.2 Å². The molecule has 0 unspecified atom stereocenters. The molecule has 1 aromatic carbocycles. The zero-order valence-corrected chi connectivity index (χ0v) is 17.9. The van der Waals surface area contributed by atoms with Crippen LogP contribution in [-0.4, -0.2) is 57.0 Å². The van der Waals surface area contributed by atoms with Gasteiger partial charge in [-0.15, -0.1) is 0 Å². The van der Waals surface area contributed by atoms with Gasteiger partial charge in [-0.2, -0.15) is 0 Å². The van der Waals surface area contributed by atoms with Crippen molar-refractivity contribution in [2.45, 2.75) is 39.5 Å². The summed E-state index contributed by atoms with van der Waals surface area (Å²) in [6.07, 6.45) is 6.29. The van der Waals surface area contributed by atoms with Gasteiger partial charge in [-0.05, 0) is 56.6 Å². The number of hydrogen-bond acceptors (Lipinski definition) is 3. The number of para-hydroxylation sites is 1. The summed E-state index contributed by atoms with van der Waals surface area (Å²) in [7, 11) is 0. The van der Waals surface area contributed by atoms with E-state index in [-0.39, 0.29) is 0 Å². The zero-order valence-electron chi connectivity index (χ0n) is 17.9. The Morgan fingerprint density at radius 2 is 2.14 bits per heavy atom. The monoisotopic (exact) mass is 400 g/mol. The number of nitrogens with zero attached hydrogens (tertiary/aromatic N) is 1. The van der Waals surface area contributed by atoms with Gasteiger partial charge < -0.3 is 25.1 Å². The van der Waals surface area contributed by atoms with E-state index in [1.807, 2.05) is 0 Å². The first kappa shape index (κ1) is 21.7. The molecule has 0 spiro atoms. The molecule has 1 aliphatic rings. The molecule has 29 heavy (non-hydrogen) atoms. The van der Waals surface area contributed by atoms with Crippen molar-refractivity contribution in [2.24, 2.45) is 10.9 Å². The summed E-state index contributed by atoms with van der Waals surface area (Å²) < 4.78 is 11.2. The summed E-state index contributed by atoms with van der Waals surface area (Å²) >= 11 is 0. The zero-order chi connectivity index (χ0) is 20.3. The van der Waals surface area contributed by atoms with Crippen molar-refractivity contribution >= 4 is 16.9 Å². The third kappa shape index (κ3) is 6.75. The molecule has 2 aromatic rings. The van der Waals surface area contributed by atoms with Crippen LogP contribution in [0.4, 0.5) is 0 Å². The first-order valence-corrected chi connectivity index (χ1v) is 11.0. The fourth-order valence-corrected chi connectivity index (χ4v) is 3.75. The van der Waals surface area contributed by atoms with Gasteiger partial charge in [0.1, 0.15) is 0 Å². The van der Waals surface area contributed by atoms with Crippen molar-refractivity contribution in [3.05, 3.63) is 35.5 Å². The van der Waals surface area contributed by atoms with Gasteiger partial charge in [0.15, 0.2) is 5.96 Å². The van der Waals surface area contributed by atoms with Crippen LogP contribution < -0.4 is 10.6 Å². The Kier molecular flexibility index (Phi) is 8.83. The highest BCUT2D eigenvalue weighted by Crippen LogP contribution is 2.21. The first-order chi connectivity index (χ1) is 14.3. The minimum Gasteiger partial charge on any atom is -0.381 e. The van der Waals surface area contributed by atoms with Crippen molar-refractivity contribution < 1.29 is 9.47 Å². The van der Waals surface area contributed by atoms with Crippen molar-refractivity contribution in [2.75, 3.05) is 46.1 Å². The number of hydrogen-bond donors (Lipinski definition) is 3. The van der Waals surface area contributed by atoms with E-state index in [1.165, 1.54) is 22.0 Å². The second-order valence-corrected chi connectivity index (χ2v) is 7.73. The van der Waals surface area contributed by atoms with E-state index in [2.05, 4.69) is 58.9 Å². The van der Waals surface area contributed by atoms with E-state index < -0.39 is 0 Å². The lowest BCUT2D eigenvalue weighted by Gasteiger charge is -2.21. The first-order valence-electron chi connectivity index (χ1n) is 11.0. The third-order valence-corrected chi connectivity index (χ3v) is 5.45. The molecular weight excluding hydrogens is 364 g/mol. The number of benzene rings is 1. The molecule has 0 atom stereocenters. The molecule has 2 heterocycles. The van der Waals surface area contributed by atoms with Gasteiger partial charge in [0.2, 0.25) is 0 Å². The van der Waals surface area contributed by atoms with Crippen LogP contribution in [0.3, 0.4) is 0 Å². The molecule has 6 heteroatoms. The van der Waals surface area contributed by atoms with E-state index in [4.69, 9.17) is 9.47 Å². The number of aromatic nitrogens is 1. The molecule has 0 bridgehead atoms. The minimum absolute atomic E-state index is 0.666. The minimum atomic E-state index is 0.666. The Morgan fingerprint density at radius 3 is 2.97 bits per heavy atom. The second kappa shape index (κ2) is 11.8. The number of nitrogens with one attached hydrogen (secondary N) is 3. The number of ether oxygens (including phenoxy) is 2. The Bertz CT molecular complexity index is 765. The molecule has 1 aromatic heterocycles. The van der Waals surface area contributed by atoms with E-state index in [0.29, 0.717) is 5.92 Å². The van der Waals surface area contributed by atoms with Crippen LogP contribution in [0.1, 0.15) is 37.3 Å². The lowest BCUT2D eigenvalue weighted by atomic mass is 10.0. The fraction of sp³-hybridized carbons (Fsp3) is 0.609. The maximum atomic E-state index is 5.83. The highest BCUT2D eigenvalue weighted by molar-refractivity contribution is 5.86. The van der Waals surface area contributed by atoms with Crippen LogP contribution in [-0.2, 0) is 15.9 Å². The molecule has 3 rings (SSSR count). The Balaban J connectivity index is 1.36. The Labute approximate surface area is 174 Å². The molecule has 0 amide bonds. The SMILES string of the molecule is CCNC(=NCCCOCC1CCOCC1)NCCc1c[nH]c2c(C)cccc12. The predicted molar refractivity (Wildman–Crippen MR) is 120 cm³/mol. The normalized spacial score (nSPS) is 15.7. The van der Waals surface area contributed by atoms with Crippen LogP contribution in [0.2, 0.25) is 0 Å². The molecule has 1 fully saturated rings. The van der Waals surface area contributed by atoms with Gasteiger partial charge in [-0.25, -0.2) is 0 Å². The molecule has 0 radical (unpaired) electrons. The van der Waals surface area contributed by atoms with E-state index in [1.54, 1.807) is 0 Å². The van der Waals surface area contributed by atoms with Crippen molar-refractivity contribution in [3.8, 4) is 0 Å². The number of rotatable bonds is 10. The van der Waals surface area contributed by atoms with Gasteiger partial charge in [-0.3, -0.25) is 4.99 Å². The highest BCUT2D eigenvalue weighted by atomic mass is 16.5. The third-order valence-electron chi connectivity index (χ3n) is 5.45. The smallest absolute Gasteiger partial charge is 0.191 e. The molecule has 0 saturated carbocycles. The molecule has 1 saturated heterocycles. The maximum Gasteiger partial charge on any atom is 0.191 e. The Morgan fingerprint density at radius 1 is 1.28 bits per heavy atom. The van der Waals surface area contributed by atoms with Gasteiger partial charge in [0.25, 0.3) is 0 Å². The summed E-state index contributed by atoms with van der Waals surface area (Å²) in [5, 5.41) is 8.09. The van der Waals surface area contributed by atoms with Gasteiger partial charge in [-0.1, -0.05) is 18.2 Å². The molecule has 160 valence electrons. The molecule has 3 N–H and O–H groups in total. The van der Waals surface area contributed by atoms with Crippen LogP contribution in [0.15, 0.2) is 29.4 Å². The molecule has 1 aliphatic heterocycles. The second-order valence-electron chi connectivity index (χ2n) is 7.73. The number of guanidine groups is 1. The fourth-order valence-electron chi connectivity index (χ4n) is 3.75. The van der Waals surface area contributed by atoms with Crippen molar-refractivity contribution in [3.63, 3.8) is 0 Å². The van der Waals surface area contributed by atoms with E-state index in [9.17, 15) is 0 Å². The number of H-pyrrole nitrogens is 1. The van der Waals surface area contributed by atoms with Crippen molar-refractivity contribution in [1.82, 2.24) is 15.6 Å². The number of aryl methyl sites for hydroxylation is 1. The van der Waals surface area contributed by atoms with E-state index in [0.717, 1.165) is 77.7 Å². The van der Waals surface area contributed by atoms with Gasteiger partial charge in [0.05, 0.1) is 0 Å². The van der Waals surface area contributed by atoms with Crippen LogP contribution in [0.5, 0.6) is 0 Å². The van der Waals surface area contributed by atoms with Crippen LogP contribution in [0.25, 0.3) is 10.9 Å². The lowest BCUT2D eigenvalue weighted by Crippen LogP contribution is -2.38. The van der Waals surface area contributed by atoms with Crippen molar-refractivity contribution in [1.29, 1.82) is 0 Å². The average Bonchev–Trinajstić information content (AvgIpc) is 3.16. The highest BCUT2D eigenvalue weighted by Gasteiger charge is 2.13. The largest absolute Gasteiger partial charge is 0.381 e. The predicted octanol–water partition coefficient (Wildman–Crippen LogP) is 3.41. The summed E-state index contributed by atoms with van der Waals surface area (Å²) in [4.78, 5) is 8.08. The molecular formula is C23H36N4O2. The standard InChI is InChI=1S/C23H36N4O2/c1-3-24-23(25-11-5-13-29-17-19-9-14-28-15-10-19)26-12-8-20-16-27-22-18(2)6-4-7-21(20)22/h4,6-7,16,19,27H,3,5,8-15,17H2,1-2H3,(H2,24,25,26). The molecule has 0 aliphatic carbocycles. The quantitative estimate of drug-likeness (QED) is 0.325. The number of aliphatic imine (C=N–C) groups is 1. The summed E-state index contributed by atoms with van der Waals surface area (Å²) in [5.74, 6) is 1.55. The lowest BCUT2D eigenvalue weighted by molar-refractivity contribution is 0.0205. The summed E-state index contributed by atoms with van der Waals surface area (Å²) in [6.45, 7) is 10.1. The average molecular weight is 401 g/mol. The van der Waals surface area contributed by atoms with E-state index >= 15 is 0 Å².